The first-order valence-corrected chi connectivity index (χ1v) is 7.77. The number of aryl methyl sites for hydroxylation is 2. The fraction of sp³-hybridized carbons (Fsp3) is 0.562. The summed E-state index contributed by atoms with van der Waals surface area (Å²) in [5.41, 5.74) is 1.09. The molecule has 0 bridgehead atoms. The lowest BCUT2D eigenvalue weighted by atomic mass is 10.00. The molecule has 0 radical (unpaired) electrons. The van der Waals surface area contributed by atoms with Gasteiger partial charge in [0.15, 0.2) is 0 Å². The van der Waals surface area contributed by atoms with Crippen LogP contribution in [0, 0.1) is 19.8 Å². The Morgan fingerprint density at radius 3 is 2.67 bits per heavy atom. The van der Waals surface area contributed by atoms with Crippen molar-refractivity contribution in [3.63, 3.8) is 0 Å². The molecule has 0 amide bonds. The quantitative estimate of drug-likeness (QED) is 0.864. The molecular formula is C16H21N5. The van der Waals surface area contributed by atoms with Crippen LogP contribution in [0.25, 0.3) is 0 Å². The van der Waals surface area contributed by atoms with E-state index in [1.165, 1.54) is 12.8 Å². The maximum absolute atomic E-state index is 4.76. The van der Waals surface area contributed by atoms with Crippen LogP contribution in [-0.4, -0.2) is 32.6 Å². The van der Waals surface area contributed by atoms with Crippen molar-refractivity contribution < 1.29 is 0 Å². The van der Waals surface area contributed by atoms with Gasteiger partial charge in [-0.1, -0.05) is 0 Å². The van der Waals surface area contributed by atoms with Gasteiger partial charge < -0.3 is 9.47 Å². The zero-order valence-electron chi connectivity index (χ0n) is 12.7. The standard InChI is InChI=1S/C16H21N5/c1-11-7-15(19-16(18-11)14-3-4-14)21-9-13(10-21)8-20-6-5-17-12(20)2/h5-7,13-14H,3-4,8-10H2,1-2H3. The van der Waals surface area contributed by atoms with Crippen molar-refractivity contribution in [3.05, 3.63) is 35.8 Å². The molecule has 2 fully saturated rings. The molecule has 0 spiro atoms. The number of hydrogen-bond acceptors (Lipinski definition) is 4. The average Bonchev–Trinajstić information content (AvgIpc) is 3.17. The monoisotopic (exact) mass is 283 g/mol. The van der Waals surface area contributed by atoms with Crippen LogP contribution in [0.3, 0.4) is 0 Å². The second-order valence-corrected chi connectivity index (χ2v) is 6.40. The second-order valence-electron chi connectivity index (χ2n) is 6.40. The first-order valence-electron chi connectivity index (χ1n) is 7.77. The van der Waals surface area contributed by atoms with Crippen LogP contribution >= 0.6 is 0 Å². The van der Waals surface area contributed by atoms with Crippen molar-refractivity contribution in [1.29, 1.82) is 0 Å². The van der Waals surface area contributed by atoms with Crippen molar-refractivity contribution in [1.82, 2.24) is 19.5 Å². The minimum absolute atomic E-state index is 0.620. The highest BCUT2D eigenvalue weighted by molar-refractivity contribution is 5.43. The minimum atomic E-state index is 0.620. The molecule has 1 saturated heterocycles. The molecule has 0 unspecified atom stereocenters. The molecule has 110 valence electrons. The van der Waals surface area contributed by atoms with Gasteiger partial charge in [-0.25, -0.2) is 15.0 Å². The molecule has 21 heavy (non-hydrogen) atoms. The molecule has 2 aromatic heterocycles. The van der Waals surface area contributed by atoms with E-state index in [1.807, 2.05) is 6.20 Å². The predicted octanol–water partition coefficient (Wildman–Crippen LogP) is 2.30. The first-order chi connectivity index (χ1) is 10.2. The second kappa shape index (κ2) is 4.83. The lowest BCUT2D eigenvalue weighted by molar-refractivity contribution is 0.352. The van der Waals surface area contributed by atoms with Gasteiger partial charge in [-0.2, -0.15) is 0 Å². The van der Waals surface area contributed by atoms with Crippen LogP contribution in [-0.2, 0) is 6.54 Å². The molecule has 5 heteroatoms. The molecule has 4 rings (SSSR count). The van der Waals surface area contributed by atoms with Gasteiger partial charge in [0.25, 0.3) is 0 Å². The molecular weight excluding hydrogens is 262 g/mol. The van der Waals surface area contributed by atoms with Crippen LogP contribution in [0.1, 0.15) is 36.1 Å². The van der Waals surface area contributed by atoms with E-state index in [4.69, 9.17) is 4.98 Å². The van der Waals surface area contributed by atoms with Gasteiger partial charge in [-0.3, -0.25) is 0 Å². The van der Waals surface area contributed by atoms with Crippen molar-refractivity contribution in [2.24, 2.45) is 5.92 Å². The normalized spacial score (nSPS) is 18.9. The van der Waals surface area contributed by atoms with E-state index in [1.54, 1.807) is 0 Å². The van der Waals surface area contributed by atoms with Gasteiger partial charge in [0.1, 0.15) is 17.5 Å². The van der Waals surface area contributed by atoms with E-state index in [2.05, 4.69) is 45.5 Å². The van der Waals surface area contributed by atoms with Crippen molar-refractivity contribution in [3.8, 4) is 0 Å². The van der Waals surface area contributed by atoms with Crippen LogP contribution in [0.2, 0.25) is 0 Å². The summed E-state index contributed by atoms with van der Waals surface area (Å²) in [5, 5.41) is 0. The molecule has 1 aliphatic heterocycles. The molecule has 0 N–H and O–H groups in total. The number of rotatable bonds is 4. The highest BCUT2D eigenvalue weighted by Crippen LogP contribution is 2.39. The highest BCUT2D eigenvalue weighted by Gasteiger charge is 2.31. The zero-order chi connectivity index (χ0) is 14.4. The summed E-state index contributed by atoms with van der Waals surface area (Å²) in [5.74, 6) is 4.58. The van der Waals surface area contributed by atoms with E-state index in [0.29, 0.717) is 11.8 Å². The van der Waals surface area contributed by atoms with Crippen LogP contribution < -0.4 is 4.90 Å². The van der Waals surface area contributed by atoms with Gasteiger partial charge >= 0.3 is 0 Å². The molecule has 2 aliphatic rings. The van der Waals surface area contributed by atoms with Crippen molar-refractivity contribution >= 4 is 5.82 Å². The van der Waals surface area contributed by atoms with Gasteiger partial charge in [0, 0.05) is 55.6 Å². The summed E-state index contributed by atoms with van der Waals surface area (Å²) >= 11 is 0. The van der Waals surface area contributed by atoms with Crippen molar-refractivity contribution in [2.45, 2.75) is 39.2 Å². The Labute approximate surface area is 125 Å². The Morgan fingerprint density at radius 1 is 1.19 bits per heavy atom. The lowest BCUT2D eigenvalue weighted by Gasteiger charge is -2.40. The Bertz CT molecular complexity index is 652. The number of nitrogens with zero attached hydrogens (tertiary/aromatic N) is 5. The molecule has 0 atom stereocenters. The van der Waals surface area contributed by atoms with E-state index >= 15 is 0 Å². The number of aromatic nitrogens is 4. The largest absolute Gasteiger partial charge is 0.356 e. The summed E-state index contributed by atoms with van der Waals surface area (Å²) in [6.07, 6.45) is 6.45. The fourth-order valence-electron chi connectivity index (χ4n) is 3.01. The summed E-state index contributed by atoms with van der Waals surface area (Å²) in [7, 11) is 0. The molecule has 3 heterocycles. The Balaban J connectivity index is 1.42. The maximum atomic E-state index is 4.76. The SMILES string of the molecule is Cc1cc(N2CC(Cn3ccnc3C)C2)nc(C2CC2)n1. The molecule has 5 nitrogen and oxygen atoms in total. The number of anilines is 1. The summed E-state index contributed by atoms with van der Waals surface area (Å²) in [6.45, 7) is 7.35. The Kier molecular flexibility index (Phi) is 2.94. The molecule has 1 aliphatic carbocycles. The first kappa shape index (κ1) is 12.8. The Hall–Kier alpha value is -1.91. The Morgan fingerprint density at radius 2 is 2.00 bits per heavy atom. The lowest BCUT2D eigenvalue weighted by Crippen LogP contribution is -2.49. The third kappa shape index (κ3) is 2.52. The fourth-order valence-corrected chi connectivity index (χ4v) is 3.01. The number of imidazole rings is 1. The summed E-state index contributed by atoms with van der Waals surface area (Å²) in [4.78, 5) is 16.0. The van der Waals surface area contributed by atoms with Crippen molar-refractivity contribution in [2.75, 3.05) is 18.0 Å². The van der Waals surface area contributed by atoms with E-state index in [9.17, 15) is 0 Å². The summed E-state index contributed by atoms with van der Waals surface area (Å²) < 4.78 is 2.24. The molecule has 0 aromatic carbocycles. The predicted molar refractivity (Wildman–Crippen MR) is 81.4 cm³/mol. The summed E-state index contributed by atoms with van der Waals surface area (Å²) in [6, 6.07) is 2.12. The smallest absolute Gasteiger partial charge is 0.134 e. The van der Waals surface area contributed by atoms with E-state index in [0.717, 1.165) is 42.8 Å². The van der Waals surface area contributed by atoms with Gasteiger partial charge in [-0.05, 0) is 26.7 Å². The topological polar surface area (TPSA) is 46.8 Å². The molecule has 1 saturated carbocycles. The van der Waals surface area contributed by atoms with E-state index < -0.39 is 0 Å². The average molecular weight is 283 g/mol. The molecule has 2 aromatic rings. The minimum Gasteiger partial charge on any atom is -0.356 e. The van der Waals surface area contributed by atoms with Gasteiger partial charge in [0.2, 0.25) is 0 Å². The highest BCUT2D eigenvalue weighted by atomic mass is 15.3. The van der Waals surface area contributed by atoms with Crippen LogP contribution in [0.5, 0.6) is 0 Å². The third-order valence-electron chi connectivity index (χ3n) is 4.46. The van der Waals surface area contributed by atoms with Crippen LogP contribution in [0.15, 0.2) is 18.5 Å². The van der Waals surface area contributed by atoms with Gasteiger partial charge in [-0.15, -0.1) is 0 Å². The van der Waals surface area contributed by atoms with Crippen LogP contribution in [0.4, 0.5) is 5.82 Å². The maximum Gasteiger partial charge on any atom is 0.134 e. The van der Waals surface area contributed by atoms with E-state index in [-0.39, 0.29) is 0 Å². The van der Waals surface area contributed by atoms with Gasteiger partial charge in [0.05, 0.1) is 0 Å². The number of hydrogen-bond donors (Lipinski definition) is 0. The zero-order valence-corrected chi connectivity index (χ0v) is 12.7. The third-order valence-corrected chi connectivity index (χ3v) is 4.46.